The Morgan fingerprint density at radius 3 is 2.44 bits per heavy atom. The van der Waals surface area contributed by atoms with Gasteiger partial charge in [0, 0.05) is 23.2 Å². The summed E-state index contributed by atoms with van der Waals surface area (Å²) in [6, 6.07) is 11.0. The second-order valence-electron chi connectivity index (χ2n) is 8.64. The number of urea groups is 1. The molecule has 0 saturated carbocycles. The van der Waals surface area contributed by atoms with E-state index < -0.39 is 27.9 Å². The van der Waals surface area contributed by atoms with Gasteiger partial charge in [0.05, 0.1) is 23.6 Å². The van der Waals surface area contributed by atoms with Gasteiger partial charge in [0.1, 0.15) is 11.6 Å². The highest BCUT2D eigenvalue weighted by atomic mass is 32.2. The predicted molar refractivity (Wildman–Crippen MR) is 124 cm³/mol. The monoisotopic (exact) mass is 492 g/mol. The molecule has 5 N–H and O–H groups in total. The summed E-state index contributed by atoms with van der Waals surface area (Å²) in [6.45, 7) is 5.73. The number of amides is 2. The Morgan fingerprint density at radius 2 is 1.82 bits per heavy atom. The van der Waals surface area contributed by atoms with Crippen LogP contribution in [0.3, 0.4) is 0 Å². The zero-order chi connectivity index (χ0) is 25.1. The summed E-state index contributed by atoms with van der Waals surface area (Å²) in [5.41, 5.74) is 1.86. The van der Waals surface area contributed by atoms with Crippen LogP contribution in [0.25, 0.3) is 5.69 Å². The first-order valence-corrected chi connectivity index (χ1v) is 11.8. The normalized spacial score (nSPS) is 11.9. The molecular formula is C22H26F2N6O3S. The van der Waals surface area contributed by atoms with Crippen molar-refractivity contribution < 1.29 is 22.0 Å². The number of carbonyl (C=O) groups is 1. The van der Waals surface area contributed by atoms with Gasteiger partial charge in [0.25, 0.3) is 10.2 Å². The molecule has 2 aromatic carbocycles. The van der Waals surface area contributed by atoms with E-state index in [0.29, 0.717) is 11.4 Å². The molecule has 0 fully saturated rings. The minimum absolute atomic E-state index is 0.0636. The molecule has 12 heteroatoms. The van der Waals surface area contributed by atoms with Gasteiger partial charge in [0.15, 0.2) is 0 Å². The van der Waals surface area contributed by atoms with Crippen molar-refractivity contribution in [2.75, 3.05) is 5.32 Å². The van der Waals surface area contributed by atoms with Gasteiger partial charge in [-0.25, -0.2) is 23.4 Å². The van der Waals surface area contributed by atoms with E-state index in [1.54, 1.807) is 16.8 Å². The Balaban J connectivity index is 1.71. The molecule has 0 bridgehead atoms. The molecule has 1 aromatic heterocycles. The summed E-state index contributed by atoms with van der Waals surface area (Å²) in [4.78, 5) is 12.4. The average Bonchev–Trinajstić information content (AvgIpc) is 3.16. The summed E-state index contributed by atoms with van der Waals surface area (Å²) in [6.07, 6.45) is 0. The van der Waals surface area contributed by atoms with Crippen molar-refractivity contribution in [2.45, 2.75) is 39.3 Å². The number of hydrogen-bond acceptors (Lipinski definition) is 4. The van der Waals surface area contributed by atoms with Crippen LogP contribution in [0, 0.1) is 11.6 Å². The average molecular weight is 493 g/mol. The summed E-state index contributed by atoms with van der Waals surface area (Å²) in [7, 11) is -3.96. The van der Waals surface area contributed by atoms with Gasteiger partial charge in [-0.3, -0.25) is 0 Å². The second kappa shape index (κ2) is 9.87. The second-order valence-corrected chi connectivity index (χ2v) is 10.0. The van der Waals surface area contributed by atoms with Crippen molar-refractivity contribution in [1.82, 2.24) is 19.8 Å². The summed E-state index contributed by atoms with van der Waals surface area (Å²) in [5.74, 6) is -1.13. The zero-order valence-corrected chi connectivity index (χ0v) is 19.7. The quantitative estimate of drug-likeness (QED) is 0.404. The summed E-state index contributed by atoms with van der Waals surface area (Å²) >= 11 is 0. The molecule has 34 heavy (non-hydrogen) atoms. The van der Waals surface area contributed by atoms with E-state index in [4.69, 9.17) is 5.14 Å². The Morgan fingerprint density at radius 1 is 1.09 bits per heavy atom. The first-order chi connectivity index (χ1) is 15.8. The number of hydrogen-bond donors (Lipinski definition) is 4. The lowest BCUT2D eigenvalue weighted by molar-refractivity contribution is 0.251. The standard InChI is InChI=1S/C22H26F2N6O3S/c1-22(2,3)20-11-18(30(29-20)17-6-4-5-15(23)9-17)13-26-21(31)28-16-8-7-14(19(24)10-16)12-27-34(25,32)33/h4-11,27H,12-13H2,1-3H3,(H2,25,32,33)(H2,26,28,31). The van der Waals surface area contributed by atoms with Crippen molar-refractivity contribution in [3.05, 3.63) is 77.1 Å². The molecule has 3 rings (SSSR count). The number of aromatic nitrogens is 2. The number of benzene rings is 2. The van der Waals surface area contributed by atoms with Crippen LogP contribution in [0.15, 0.2) is 48.5 Å². The lowest BCUT2D eigenvalue weighted by atomic mass is 9.92. The molecule has 0 unspecified atom stereocenters. The van der Waals surface area contributed by atoms with Crippen LogP contribution in [0.2, 0.25) is 0 Å². The Hall–Kier alpha value is -3.35. The molecule has 0 saturated heterocycles. The minimum Gasteiger partial charge on any atom is -0.332 e. The SMILES string of the molecule is CC(C)(C)c1cc(CNC(=O)Nc2ccc(CNS(N)(=O)=O)c(F)c2)n(-c2cccc(F)c2)n1. The number of carbonyl (C=O) groups excluding carboxylic acids is 1. The molecule has 182 valence electrons. The first-order valence-electron chi connectivity index (χ1n) is 10.3. The van der Waals surface area contributed by atoms with Gasteiger partial charge < -0.3 is 10.6 Å². The van der Waals surface area contributed by atoms with Crippen LogP contribution in [-0.4, -0.2) is 24.2 Å². The molecule has 0 radical (unpaired) electrons. The predicted octanol–water partition coefficient (Wildman–Crippen LogP) is 3.06. The van der Waals surface area contributed by atoms with Crippen molar-refractivity contribution in [3.63, 3.8) is 0 Å². The smallest absolute Gasteiger partial charge is 0.319 e. The third kappa shape index (κ3) is 6.83. The lowest BCUT2D eigenvalue weighted by Crippen LogP contribution is -2.30. The third-order valence-corrected chi connectivity index (χ3v) is 5.36. The van der Waals surface area contributed by atoms with E-state index in [9.17, 15) is 22.0 Å². The van der Waals surface area contributed by atoms with E-state index in [1.165, 1.54) is 24.3 Å². The maximum atomic E-state index is 14.2. The van der Waals surface area contributed by atoms with Gasteiger partial charge in [-0.15, -0.1) is 0 Å². The van der Waals surface area contributed by atoms with Crippen LogP contribution in [0.5, 0.6) is 0 Å². The fourth-order valence-electron chi connectivity index (χ4n) is 3.04. The molecular weight excluding hydrogens is 466 g/mol. The number of anilines is 1. The van der Waals surface area contributed by atoms with Gasteiger partial charge in [-0.05, 0) is 36.4 Å². The Labute approximate surface area is 196 Å². The van der Waals surface area contributed by atoms with Gasteiger partial charge in [-0.1, -0.05) is 32.9 Å². The minimum atomic E-state index is -3.96. The molecule has 9 nitrogen and oxygen atoms in total. The lowest BCUT2D eigenvalue weighted by Gasteiger charge is -2.14. The highest BCUT2D eigenvalue weighted by molar-refractivity contribution is 7.87. The fraction of sp³-hybridized carbons (Fsp3) is 0.273. The number of halogens is 2. The first kappa shape index (κ1) is 25.3. The number of nitrogens with two attached hydrogens (primary N) is 1. The van der Waals surface area contributed by atoms with E-state index in [0.717, 1.165) is 11.8 Å². The molecule has 0 atom stereocenters. The molecule has 0 spiro atoms. The van der Waals surface area contributed by atoms with E-state index in [-0.39, 0.29) is 29.8 Å². The number of nitrogens with zero attached hydrogens (tertiary/aromatic N) is 2. The Kier molecular flexibility index (Phi) is 7.34. The van der Waals surface area contributed by atoms with Gasteiger partial charge in [-0.2, -0.15) is 18.2 Å². The van der Waals surface area contributed by atoms with Gasteiger partial charge in [0.2, 0.25) is 0 Å². The molecule has 0 aliphatic carbocycles. The van der Waals surface area contributed by atoms with Crippen LogP contribution in [0.1, 0.15) is 37.7 Å². The molecule has 3 aromatic rings. The number of nitrogens with one attached hydrogen (secondary N) is 3. The molecule has 1 heterocycles. The van der Waals surface area contributed by atoms with E-state index in [1.807, 2.05) is 31.6 Å². The summed E-state index contributed by atoms with van der Waals surface area (Å²) in [5, 5.41) is 14.6. The number of rotatable bonds is 7. The van der Waals surface area contributed by atoms with Crippen LogP contribution >= 0.6 is 0 Å². The topological polar surface area (TPSA) is 131 Å². The third-order valence-electron chi connectivity index (χ3n) is 4.81. The molecule has 2 amide bonds. The van der Waals surface area contributed by atoms with Crippen molar-refractivity contribution >= 4 is 21.9 Å². The maximum absolute atomic E-state index is 14.2. The Bertz CT molecular complexity index is 1300. The van der Waals surface area contributed by atoms with Crippen molar-refractivity contribution in [1.29, 1.82) is 0 Å². The fourth-order valence-corrected chi connectivity index (χ4v) is 3.39. The largest absolute Gasteiger partial charge is 0.332 e. The van der Waals surface area contributed by atoms with E-state index >= 15 is 0 Å². The molecule has 0 aliphatic heterocycles. The highest BCUT2D eigenvalue weighted by Crippen LogP contribution is 2.24. The van der Waals surface area contributed by atoms with Crippen LogP contribution < -0.4 is 20.5 Å². The van der Waals surface area contributed by atoms with Crippen molar-refractivity contribution in [2.24, 2.45) is 5.14 Å². The maximum Gasteiger partial charge on any atom is 0.319 e. The summed E-state index contributed by atoms with van der Waals surface area (Å²) < 4.78 is 53.5. The highest BCUT2D eigenvalue weighted by Gasteiger charge is 2.21. The van der Waals surface area contributed by atoms with Crippen LogP contribution in [-0.2, 0) is 28.7 Å². The molecule has 0 aliphatic rings. The van der Waals surface area contributed by atoms with E-state index in [2.05, 4.69) is 15.7 Å². The van der Waals surface area contributed by atoms with Crippen molar-refractivity contribution in [3.8, 4) is 5.69 Å². The van der Waals surface area contributed by atoms with Crippen LogP contribution in [0.4, 0.5) is 19.3 Å². The van der Waals surface area contributed by atoms with Gasteiger partial charge >= 0.3 is 6.03 Å². The zero-order valence-electron chi connectivity index (χ0n) is 18.9.